The van der Waals surface area contributed by atoms with Crippen LogP contribution in [0, 0.1) is 12.8 Å². The number of hydrogen-bond donors (Lipinski definition) is 0. The summed E-state index contributed by atoms with van der Waals surface area (Å²) < 4.78 is 51.6. The number of aryl methyl sites for hydroxylation is 1. The maximum atomic E-state index is 15.5. The summed E-state index contributed by atoms with van der Waals surface area (Å²) in [6.07, 6.45) is 4.97. The van der Waals surface area contributed by atoms with E-state index in [1.165, 1.54) is 11.3 Å². The zero-order valence-electron chi connectivity index (χ0n) is 20.3. The van der Waals surface area contributed by atoms with Crippen LogP contribution in [0.25, 0.3) is 0 Å². The monoisotopic (exact) mass is 514 g/mol. The van der Waals surface area contributed by atoms with E-state index in [4.69, 9.17) is 9.26 Å². The summed E-state index contributed by atoms with van der Waals surface area (Å²) in [6.45, 7) is 4.08. The summed E-state index contributed by atoms with van der Waals surface area (Å²) >= 11 is 1.34. The zero-order chi connectivity index (χ0) is 25.1. The number of thiazole rings is 1. The van der Waals surface area contributed by atoms with E-state index in [0.29, 0.717) is 68.4 Å². The van der Waals surface area contributed by atoms with Crippen LogP contribution in [0.2, 0.25) is 0 Å². The van der Waals surface area contributed by atoms with Gasteiger partial charge in [-0.15, -0.1) is 0 Å². The van der Waals surface area contributed by atoms with Crippen LogP contribution in [0.1, 0.15) is 67.7 Å². The molecule has 2 aromatic heterocycles. The van der Waals surface area contributed by atoms with Crippen LogP contribution in [0.5, 0.6) is 5.19 Å². The highest BCUT2D eigenvalue weighted by Gasteiger charge is 2.36. The van der Waals surface area contributed by atoms with Crippen molar-refractivity contribution < 1.29 is 27.2 Å². The van der Waals surface area contributed by atoms with E-state index >= 15 is 4.39 Å². The van der Waals surface area contributed by atoms with Crippen LogP contribution in [0.15, 0.2) is 4.52 Å². The van der Waals surface area contributed by atoms with Gasteiger partial charge in [0.2, 0.25) is 5.89 Å². The summed E-state index contributed by atoms with van der Waals surface area (Å²) in [6, 6.07) is 0. The summed E-state index contributed by atoms with van der Waals surface area (Å²) in [4.78, 5) is 24.1. The Morgan fingerprint density at radius 1 is 1.26 bits per heavy atom. The minimum Gasteiger partial charge on any atom is -0.464 e. The highest BCUT2D eigenvalue weighted by Crippen LogP contribution is 2.39. The molecule has 2 aliphatic rings. The van der Waals surface area contributed by atoms with E-state index in [-0.39, 0.29) is 18.1 Å². The quantitative estimate of drug-likeness (QED) is 0.452. The number of fused-ring (bicyclic) bond motifs is 1. The molecule has 0 aromatic carbocycles. The van der Waals surface area contributed by atoms with Crippen molar-refractivity contribution in [3.63, 3.8) is 0 Å². The number of alkyl halides is 3. The molecule has 3 heterocycles. The van der Waals surface area contributed by atoms with E-state index < -0.39 is 18.2 Å². The molecule has 0 N–H and O–H groups in total. The second-order valence-corrected chi connectivity index (χ2v) is 11.1. The Hall–Kier alpha value is -2.01. The third kappa shape index (κ3) is 7.73. The van der Waals surface area contributed by atoms with Gasteiger partial charge in [-0.3, -0.25) is 4.79 Å². The average molecular weight is 515 g/mol. The Bertz CT molecular complexity index is 973. The number of hydrogen-bond acceptors (Lipinski definition) is 8. The number of ether oxygens (including phenoxy) is 1. The van der Waals surface area contributed by atoms with Crippen LogP contribution >= 0.6 is 11.3 Å². The molecule has 0 atom stereocenters. The van der Waals surface area contributed by atoms with Gasteiger partial charge in [0.1, 0.15) is 11.5 Å². The lowest BCUT2D eigenvalue weighted by molar-refractivity contribution is -0.120. The zero-order valence-corrected chi connectivity index (χ0v) is 21.1. The standard InChI is InChI=1S/C24H33F3N4O3S/c1-16-28-21(30-34-16)14-18(32)13-17-3-7-24(27,8-4-17)9-12-31-10-5-19-20(6-11-31)35-22(29-19)33-15-23(2,25)26/h17H,3-15H2,1-2H3. The van der Waals surface area contributed by atoms with Crippen molar-refractivity contribution in [2.24, 2.45) is 5.92 Å². The van der Waals surface area contributed by atoms with Crippen LogP contribution in [-0.4, -0.2) is 63.6 Å². The van der Waals surface area contributed by atoms with E-state index in [2.05, 4.69) is 20.0 Å². The summed E-state index contributed by atoms with van der Waals surface area (Å²) in [5, 5.41) is 4.07. The topological polar surface area (TPSA) is 81.4 Å². The first kappa shape index (κ1) is 26.1. The predicted molar refractivity (Wildman–Crippen MR) is 125 cm³/mol. The van der Waals surface area contributed by atoms with Crippen molar-refractivity contribution in [3.05, 3.63) is 22.3 Å². The lowest BCUT2D eigenvalue weighted by atomic mass is 9.76. The molecule has 0 bridgehead atoms. The van der Waals surface area contributed by atoms with Crippen LogP contribution in [0.4, 0.5) is 13.2 Å². The molecule has 0 saturated heterocycles. The van der Waals surface area contributed by atoms with Gasteiger partial charge in [-0.1, -0.05) is 16.5 Å². The second-order valence-electron chi connectivity index (χ2n) is 10.0. The Morgan fingerprint density at radius 3 is 2.69 bits per heavy atom. The van der Waals surface area contributed by atoms with Crippen LogP contribution in [0.3, 0.4) is 0 Å². The number of ketones is 1. The molecule has 0 radical (unpaired) electrons. The lowest BCUT2D eigenvalue weighted by Crippen LogP contribution is -2.36. The van der Waals surface area contributed by atoms with Crippen molar-refractivity contribution in [3.8, 4) is 5.19 Å². The third-order valence-electron chi connectivity index (χ3n) is 6.85. The molecule has 0 unspecified atom stereocenters. The number of nitrogens with zero attached hydrogens (tertiary/aromatic N) is 4. The Kier molecular flexibility index (Phi) is 8.15. The number of aromatic nitrogens is 3. The van der Waals surface area contributed by atoms with Crippen molar-refractivity contribution in [2.45, 2.75) is 83.2 Å². The molecule has 1 fully saturated rings. The van der Waals surface area contributed by atoms with Gasteiger partial charge in [0.05, 0.1) is 12.1 Å². The van der Waals surface area contributed by atoms with Gasteiger partial charge in [0.15, 0.2) is 12.4 Å². The summed E-state index contributed by atoms with van der Waals surface area (Å²) in [5.41, 5.74) is -0.283. The van der Waals surface area contributed by atoms with Crippen molar-refractivity contribution >= 4 is 17.1 Å². The van der Waals surface area contributed by atoms with E-state index in [1.54, 1.807) is 6.92 Å². The summed E-state index contributed by atoms with van der Waals surface area (Å²) in [7, 11) is 0. The normalized spacial score (nSPS) is 23.6. The maximum absolute atomic E-state index is 15.5. The number of halogens is 3. The molecule has 194 valence electrons. The third-order valence-corrected chi connectivity index (χ3v) is 7.92. The molecule has 1 saturated carbocycles. The van der Waals surface area contributed by atoms with E-state index in [9.17, 15) is 13.6 Å². The first-order valence-corrected chi connectivity index (χ1v) is 13.1. The molecular weight excluding hydrogens is 481 g/mol. The molecule has 1 aliphatic heterocycles. The van der Waals surface area contributed by atoms with Gasteiger partial charge in [0, 0.05) is 51.2 Å². The molecule has 2 aromatic rings. The first-order chi connectivity index (χ1) is 16.6. The highest BCUT2D eigenvalue weighted by atomic mass is 32.1. The molecule has 11 heteroatoms. The van der Waals surface area contributed by atoms with Gasteiger partial charge >= 0.3 is 0 Å². The van der Waals surface area contributed by atoms with E-state index in [0.717, 1.165) is 37.0 Å². The molecule has 35 heavy (non-hydrogen) atoms. The number of rotatable bonds is 10. The van der Waals surface area contributed by atoms with Gasteiger partial charge < -0.3 is 14.2 Å². The average Bonchev–Trinajstić information content (AvgIpc) is 3.33. The summed E-state index contributed by atoms with van der Waals surface area (Å²) in [5.74, 6) is -1.74. The molecular formula is C24H33F3N4O3S. The van der Waals surface area contributed by atoms with E-state index in [1.807, 2.05) is 0 Å². The SMILES string of the molecule is Cc1nc(CC(=O)CC2CCC(F)(CCN3CCc4nc(OCC(C)(F)F)sc4CC3)CC2)no1. The van der Waals surface area contributed by atoms with Crippen LogP contribution in [-0.2, 0) is 24.1 Å². The van der Waals surface area contributed by atoms with Gasteiger partial charge in [-0.05, 0) is 44.4 Å². The second kappa shape index (κ2) is 10.9. The van der Waals surface area contributed by atoms with Crippen molar-refractivity contribution in [1.29, 1.82) is 0 Å². The Labute approximate surface area is 207 Å². The largest absolute Gasteiger partial charge is 0.464 e. The van der Waals surface area contributed by atoms with Crippen molar-refractivity contribution in [1.82, 2.24) is 20.0 Å². The van der Waals surface area contributed by atoms with Gasteiger partial charge in [-0.25, -0.2) is 18.2 Å². The molecule has 7 nitrogen and oxygen atoms in total. The molecule has 1 aliphatic carbocycles. The predicted octanol–water partition coefficient (Wildman–Crippen LogP) is 4.76. The van der Waals surface area contributed by atoms with Gasteiger partial charge in [-0.2, -0.15) is 4.98 Å². The maximum Gasteiger partial charge on any atom is 0.278 e. The fourth-order valence-electron chi connectivity index (χ4n) is 4.85. The fourth-order valence-corrected chi connectivity index (χ4v) is 5.79. The highest BCUT2D eigenvalue weighted by molar-refractivity contribution is 7.13. The molecule has 0 spiro atoms. The Balaban J connectivity index is 1.17. The molecule has 0 amide bonds. The minimum atomic E-state index is -2.88. The Morgan fingerprint density at radius 2 is 2.00 bits per heavy atom. The smallest absolute Gasteiger partial charge is 0.278 e. The molecule has 4 rings (SSSR count). The van der Waals surface area contributed by atoms with Gasteiger partial charge in [0.25, 0.3) is 11.1 Å². The number of carbonyl (C=O) groups is 1. The minimum absolute atomic E-state index is 0.0739. The van der Waals surface area contributed by atoms with Crippen molar-refractivity contribution in [2.75, 3.05) is 26.2 Å². The number of carbonyl (C=O) groups excluding carboxylic acids is 1. The lowest BCUT2D eigenvalue weighted by Gasteiger charge is -2.35. The fraction of sp³-hybridized carbons (Fsp3) is 0.750. The van der Waals surface area contributed by atoms with Crippen LogP contribution < -0.4 is 4.74 Å². The first-order valence-electron chi connectivity index (χ1n) is 12.3. The number of Topliss-reactive ketones (excluding diaryl/α,β-unsaturated/α-hetero) is 1.